The van der Waals surface area contributed by atoms with Crippen molar-refractivity contribution in [2.24, 2.45) is 0 Å². The predicted octanol–water partition coefficient (Wildman–Crippen LogP) is 2.51. The van der Waals surface area contributed by atoms with Crippen LogP contribution >= 0.6 is 15.9 Å². The standard InChI is InChI=1S/C13H18BrN3O2/c14-9-1-2-12(15-7-9)8-16-10-3-5-11(6-4-10)17-13(18)19/h1-2,7,10-11,16-17H,3-6,8H2,(H,18,19)/t10-,11-. The van der Waals surface area contributed by atoms with E-state index >= 15 is 0 Å². The monoisotopic (exact) mass is 327 g/mol. The van der Waals surface area contributed by atoms with Gasteiger partial charge in [0.05, 0.1) is 5.69 Å². The number of amides is 1. The molecule has 1 saturated carbocycles. The SMILES string of the molecule is O=C(O)N[C@H]1CC[C@H](NCc2ccc(Br)cn2)CC1. The molecule has 6 heteroatoms. The van der Waals surface area contributed by atoms with Gasteiger partial charge in [-0.3, -0.25) is 4.98 Å². The first-order valence-electron chi connectivity index (χ1n) is 6.47. The van der Waals surface area contributed by atoms with Crippen LogP contribution in [0, 0.1) is 0 Å². The van der Waals surface area contributed by atoms with Crippen molar-refractivity contribution in [1.29, 1.82) is 0 Å². The van der Waals surface area contributed by atoms with Gasteiger partial charge in [0.2, 0.25) is 0 Å². The first-order valence-corrected chi connectivity index (χ1v) is 7.26. The number of nitrogens with one attached hydrogen (secondary N) is 2. The summed E-state index contributed by atoms with van der Waals surface area (Å²) in [7, 11) is 0. The lowest BCUT2D eigenvalue weighted by molar-refractivity contribution is 0.183. The van der Waals surface area contributed by atoms with Gasteiger partial charge in [0.25, 0.3) is 0 Å². The summed E-state index contributed by atoms with van der Waals surface area (Å²) in [6.45, 7) is 0.759. The van der Waals surface area contributed by atoms with Crippen LogP contribution in [0.1, 0.15) is 31.4 Å². The Morgan fingerprint density at radius 1 is 1.32 bits per heavy atom. The van der Waals surface area contributed by atoms with E-state index in [0.717, 1.165) is 42.4 Å². The largest absolute Gasteiger partial charge is 0.465 e. The van der Waals surface area contributed by atoms with E-state index in [1.807, 2.05) is 12.1 Å². The third-order valence-electron chi connectivity index (χ3n) is 3.42. The van der Waals surface area contributed by atoms with Crippen molar-refractivity contribution in [2.45, 2.75) is 44.3 Å². The molecule has 2 rings (SSSR count). The van der Waals surface area contributed by atoms with E-state index in [1.54, 1.807) is 6.20 Å². The number of halogens is 1. The Hall–Kier alpha value is -1.14. The number of rotatable bonds is 4. The van der Waals surface area contributed by atoms with Crippen molar-refractivity contribution in [3.63, 3.8) is 0 Å². The first-order chi connectivity index (χ1) is 9.13. The molecule has 1 amide bonds. The van der Waals surface area contributed by atoms with E-state index in [4.69, 9.17) is 5.11 Å². The van der Waals surface area contributed by atoms with Gasteiger partial charge in [-0.2, -0.15) is 0 Å². The van der Waals surface area contributed by atoms with Crippen LogP contribution in [0.5, 0.6) is 0 Å². The molecule has 0 spiro atoms. The lowest BCUT2D eigenvalue weighted by Gasteiger charge is -2.28. The van der Waals surface area contributed by atoms with E-state index in [2.05, 4.69) is 31.5 Å². The molecule has 19 heavy (non-hydrogen) atoms. The maximum Gasteiger partial charge on any atom is 0.404 e. The van der Waals surface area contributed by atoms with Gasteiger partial charge in [-0.15, -0.1) is 0 Å². The summed E-state index contributed by atoms with van der Waals surface area (Å²) in [6, 6.07) is 4.55. The van der Waals surface area contributed by atoms with Gasteiger partial charge in [-0.05, 0) is 53.7 Å². The molecular weight excluding hydrogens is 310 g/mol. The number of pyridine rings is 1. The van der Waals surface area contributed by atoms with E-state index in [-0.39, 0.29) is 6.04 Å². The molecule has 1 fully saturated rings. The number of hydrogen-bond acceptors (Lipinski definition) is 3. The van der Waals surface area contributed by atoms with Crippen LogP contribution in [-0.2, 0) is 6.54 Å². The fraction of sp³-hybridized carbons (Fsp3) is 0.538. The van der Waals surface area contributed by atoms with Gasteiger partial charge in [0.15, 0.2) is 0 Å². The second kappa shape index (κ2) is 6.86. The highest BCUT2D eigenvalue weighted by Gasteiger charge is 2.21. The molecule has 3 N–H and O–H groups in total. The minimum atomic E-state index is -0.921. The molecule has 1 aliphatic rings. The number of aromatic nitrogens is 1. The molecule has 1 aromatic heterocycles. The Kier molecular flexibility index (Phi) is 5.15. The maximum atomic E-state index is 10.5. The Balaban J connectivity index is 1.71. The highest BCUT2D eigenvalue weighted by molar-refractivity contribution is 9.10. The van der Waals surface area contributed by atoms with Gasteiger partial charge >= 0.3 is 6.09 Å². The quantitative estimate of drug-likeness (QED) is 0.794. The second-order valence-corrected chi connectivity index (χ2v) is 5.76. The molecule has 1 heterocycles. The molecule has 0 bridgehead atoms. The van der Waals surface area contributed by atoms with Crippen LogP contribution < -0.4 is 10.6 Å². The lowest BCUT2D eigenvalue weighted by Crippen LogP contribution is -2.41. The molecule has 0 aliphatic heterocycles. The van der Waals surface area contributed by atoms with Gasteiger partial charge in [0, 0.05) is 29.3 Å². The third kappa shape index (κ3) is 4.80. The summed E-state index contributed by atoms with van der Waals surface area (Å²) >= 11 is 3.36. The number of carboxylic acid groups (broad SMARTS) is 1. The Morgan fingerprint density at radius 2 is 2.00 bits per heavy atom. The lowest BCUT2D eigenvalue weighted by atomic mass is 9.91. The Morgan fingerprint density at radius 3 is 2.58 bits per heavy atom. The highest BCUT2D eigenvalue weighted by Crippen LogP contribution is 2.19. The molecule has 1 aliphatic carbocycles. The van der Waals surface area contributed by atoms with Gasteiger partial charge in [0.1, 0.15) is 0 Å². The summed E-state index contributed by atoms with van der Waals surface area (Å²) < 4.78 is 0.983. The Labute approximate surface area is 120 Å². The molecule has 0 aromatic carbocycles. The van der Waals surface area contributed by atoms with E-state index in [1.165, 1.54) is 0 Å². The molecule has 1 aromatic rings. The van der Waals surface area contributed by atoms with E-state index in [0.29, 0.717) is 6.04 Å². The van der Waals surface area contributed by atoms with E-state index in [9.17, 15) is 4.79 Å². The number of nitrogens with zero attached hydrogens (tertiary/aromatic N) is 1. The van der Waals surface area contributed by atoms with Crippen LogP contribution in [0.4, 0.5) is 4.79 Å². The molecule has 5 nitrogen and oxygen atoms in total. The zero-order valence-electron chi connectivity index (χ0n) is 10.6. The summed E-state index contributed by atoms with van der Waals surface area (Å²) in [5, 5.41) is 14.7. The summed E-state index contributed by atoms with van der Waals surface area (Å²) in [5.41, 5.74) is 1.02. The fourth-order valence-electron chi connectivity index (χ4n) is 2.38. The summed E-state index contributed by atoms with van der Waals surface area (Å²) in [4.78, 5) is 14.9. The van der Waals surface area contributed by atoms with Gasteiger partial charge in [-0.25, -0.2) is 4.79 Å². The number of hydrogen-bond donors (Lipinski definition) is 3. The van der Waals surface area contributed by atoms with Crippen molar-refractivity contribution in [3.05, 3.63) is 28.5 Å². The van der Waals surface area contributed by atoms with Crippen LogP contribution in [0.3, 0.4) is 0 Å². The molecular formula is C13H18BrN3O2. The maximum absolute atomic E-state index is 10.5. The van der Waals surface area contributed by atoms with Crippen molar-refractivity contribution in [1.82, 2.24) is 15.6 Å². The van der Waals surface area contributed by atoms with Gasteiger partial charge in [-0.1, -0.05) is 0 Å². The smallest absolute Gasteiger partial charge is 0.404 e. The number of carbonyl (C=O) groups is 1. The van der Waals surface area contributed by atoms with Crippen LogP contribution in [0.25, 0.3) is 0 Å². The summed E-state index contributed by atoms with van der Waals surface area (Å²) in [6.07, 6.45) is 4.68. The van der Waals surface area contributed by atoms with Crippen LogP contribution in [-0.4, -0.2) is 28.3 Å². The molecule has 0 atom stereocenters. The first kappa shape index (κ1) is 14.3. The topological polar surface area (TPSA) is 74.2 Å². The predicted molar refractivity (Wildman–Crippen MR) is 76.0 cm³/mol. The zero-order valence-corrected chi connectivity index (χ0v) is 12.2. The molecule has 0 unspecified atom stereocenters. The van der Waals surface area contributed by atoms with Crippen LogP contribution in [0.2, 0.25) is 0 Å². The van der Waals surface area contributed by atoms with Crippen LogP contribution in [0.15, 0.2) is 22.8 Å². The average Bonchev–Trinajstić information content (AvgIpc) is 2.39. The third-order valence-corrected chi connectivity index (χ3v) is 3.88. The minimum Gasteiger partial charge on any atom is -0.465 e. The molecule has 0 saturated heterocycles. The van der Waals surface area contributed by atoms with E-state index < -0.39 is 6.09 Å². The van der Waals surface area contributed by atoms with Gasteiger partial charge < -0.3 is 15.7 Å². The fourth-order valence-corrected chi connectivity index (χ4v) is 2.61. The van der Waals surface area contributed by atoms with Crippen molar-refractivity contribution in [3.8, 4) is 0 Å². The summed E-state index contributed by atoms with van der Waals surface area (Å²) in [5.74, 6) is 0. The molecule has 0 radical (unpaired) electrons. The zero-order chi connectivity index (χ0) is 13.7. The second-order valence-electron chi connectivity index (χ2n) is 4.85. The highest BCUT2D eigenvalue weighted by atomic mass is 79.9. The normalized spacial score (nSPS) is 23.0. The minimum absolute atomic E-state index is 0.112. The average molecular weight is 328 g/mol. The van der Waals surface area contributed by atoms with Crippen molar-refractivity contribution >= 4 is 22.0 Å². The molecule has 104 valence electrons. The Bertz CT molecular complexity index is 416. The van der Waals surface area contributed by atoms with Crippen molar-refractivity contribution < 1.29 is 9.90 Å². The van der Waals surface area contributed by atoms with Crippen molar-refractivity contribution in [2.75, 3.05) is 0 Å².